The summed E-state index contributed by atoms with van der Waals surface area (Å²) in [5, 5.41) is 1.52. The van der Waals surface area contributed by atoms with Gasteiger partial charge >= 0.3 is 0 Å². The Kier molecular flexibility index (Phi) is 5.07. The van der Waals surface area contributed by atoms with E-state index in [0.717, 1.165) is 52.7 Å². The van der Waals surface area contributed by atoms with Gasteiger partial charge in [0.1, 0.15) is 11.6 Å². The predicted octanol–water partition coefficient (Wildman–Crippen LogP) is 4.92. The van der Waals surface area contributed by atoms with Crippen LogP contribution in [-0.2, 0) is 6.42 Å². The zero-order valence-electron chi connectivity index (χ0n) is 13.5. The van der Waals surface area contributed by atoms with Crippen LogP contribution in [0.3, 0.4) is 0 Å². The second-order valence-corrected chi connectivity index (χ2v) is 6.20. The number of fused-ring (bicyclic) bond motifs is 1. The fourth-order valence-corrected chi connectivity index (χ4v) is 3.20. The lowest BCUT2D eigenvalue weighted by atomic mass is 9.99. The molecule has 3 aromatic rings. The van der Waals surface area contributed by atoms with Crippen LogP contribution in [0, 0.1) is 5.82 Å². The molecular weight excluding hydrogens is 327 g/mol. The van der Waals surface area contributed by atoms with E-state index in [-0.39, 0.29) is 5.82 Å². The molecule has 0 aliphatic carbocycles. The summed E-state index contributed by atoms with van der Waals surface area (Å²) in [4.78, 5) is 3.40. The minimum Gasteiger partial charge on any atom is -0.496 e. The first-order valence-electron chi connectivity index (χ1n) is 7.98. The van der Waals surface area contributed by atoms with Gasteiger partial charge in [0.05, 0.1) is 12.8 Å². The lowest BCUT2D eigenvalue weighted by molar-refractivity contribution is 0.416. The molecule has 3 N–H and O–H groups in total. The standard InChI is InChI=1S/C19H20ClFN2O/c1-24-18-8-5-12(20)10-16(18)19-14(4-2-3-9-22)15-11-13(21)6-7-17(15)23-19/h5-8,10-11,23H,2-4,9,22H2,1H3. The Morgan fingerprint density at radius 3 is 2.75 bits per heavy atom. The van der Waals surface area contributed by atoms with Crippen molar-refractivity contribution in [1.82, 2.24) is 4.98 Å². The number of rotatable bonds is 6. The van der Waals surface area contributed by atoms with Crippen LogP contribution in [0.5, 0.6) is 5.75 Å². The molecular formula is C19H20ClFN2O. The van der Waals surface area contributed by atoms with E-state index in [4.69, 9.17) is 22.1 Å². The first-order valence-corrected chi connectivity index (χ1v) is 8.36. The van der Waals surface area contributed by atoms with E-state index in [9.17, 15) is 4.39 Å². The van der Waals surface area contributed by atoms with E-state index >= 15 is 0 Å². The van der Waals surface area contributed by atoms with Gasteiger partial charge in [0.15, 0.2) is 0 Å². The zero-order valence-corrected chi connectivity index (χ0v) is 14.3. The van der Waals surface area contributed by atoms with Crippen LogP contribution in [0.15, 0.2) is 36.4 Å². The molecule has 0 aliphatic heterocycles. The number of methoxy groups -OCH3 is 1. The van der Waals surface area contributed by atoms with Gasteiger partial charge in [0.25, 0.3) is 0 Å². The van der Waals surface area contributed by atoms with Crippen LogP contribution in [0.4, 0.5) is 4.39 Å². The highest BCUT2D eigenvalue weighted by Crippen LogP contribution is 2.38. The number of nitrogens with two attached hydrogens (primary N) is 1. The Balaban J connectivity index is 2.19. The maximum Gasteiger partial charge on any atom is 0.128 e. The Morgan fingerprint density at radius 1 is 1.17 bits per heavy atom. The monoisotopic (exact) mass is 346 g/mol. The quantitative estimate of drug-likeness (QED) is 0.622. The summed E-state index contributed by atoms with van der Waals surface area (Å²) in [5.41, 5.74) is 9.38. The van der Waals surface area contributed by atoms with Crippen molar-refractivity contribution in [3.63, 3.8) is 0 Å². The number of ether oxygens (including phenoxy) is 1. The van der Waals surface area contributed by atoms with Gasteiger partial charge in [0, 0.05) is 21.5 Å². The fourth-order valence-electron chi connectivity index (χ4n) is 3.03. The van der Waals surface area contributed by atoms with E-state index < -0.39 is 0 Å². The van der Waals surface area contributed by atoms with Crippen molar-refractivity contribution in [1.29, 1.82) is 0 Å². The van der Waals surface area contributed by atoms with Gasteiger partial charge in [-0.3, -0.25) is 0 Å². The number of unbranched alkanes of at least 4 members (excludes halogenated alkanes) is 1. The van der Waals surface area contributed by atoms with Crippen molar-refractivity contribution in [2.24, 2.45) is 5.73 Å². The maximum atomic E-state index is 13.7. The van der Waals surface area contributed by atoms with E-state index in [0.29, 0.717) is 11.6 Å². The number of aryl methyl sites for hydroxylation is 1. The molecule has 2 aromatic carbocycles. The third-order valence-electron chi connectivity index (χ3n) is 4.18. The van der Waals surface area contributed by atoms with Gasteiger partial charge in [-0.1, -0.05) is 11.6 Å². The smallest absolute Gasteiger partial charge is 0.128 e. The molecule has 24 heavy (non-hydrogen) atoms. The normalized spacial score (nSPS) is 11.2. The minimum atomic E-state index is -0.244. The number of H-pyrrole nitrogens is 1. The van der Waals surface area contributed by atoms with Gasteiger partial charge in [-0.05, 0) is 67.8 Å². The summed E-state index contributed by atoms with van der Waals surface area (Å²) in [6.07, 6.45) is 2.68. The highest BCUT2D eigenvalue weighted by atomic mass is 35.5. The van der Waals surface area contributed by atoms with Gasteiger partial charge < -0.3 is 15.5 Å². The van der Waals surface area contributed by atoms with E-state index in [1.165, 1.54) is 6.07 Å². The average molecular weight is 347 g/mol. The van der Waals surface area contributed by atoms with Gasteiger partial charge in [0.2, 0.25) is 0 Å². The number of hydrogen-bond donors (Lipinski definition) is 2. The summed E-state index contributed by atoms with van der Waals surface area (Å²) >= 11 is 6.18. The molecule has 0 spiro atoms. The third kappa shape index (κ3) is 3.25. The number of aromatic nitrogens is 1. The van der Waals surface area contributed by atoms with Crippen molar-refractivity contribution >= 4 is 22.5 Å². The van der Waals surface area contributed by atoms with Crippen LogP contribution in [0.25, 0.3) is 22.2 Å². The minimum absolute atomic E-state index is 0.244. The lowest BCUT2D eigenvalue weighted by Gasteiger charge is -2.10. The first-order chi connectivity index (χ1) is 11.6. The third-order valence-corrected chi connectivity index (χ3v) is 4.42. The molecule has 5 heteroatoms. The van der Waals surface area contributed by atoms with Gasteiger partial charge in [-0.15, -0.1) is 0 Å². The summed E-state index contributed by atoms with van der Waals surface area (Å²) in [6, 6.07) is 10.3. The van der Waals surface area contributed by atoms with Gasteiger partial charge in [-0.2, -0.15) is 0 Å². The number of halogens is 2. The van der Waals surface area contributed by atoms with Crippen molar-refractivity contribution in [2.75, 3.05) is 13.7 Å². The van der Waals surface area contributed by atoms with Crippen molar-refractivity contribution < 1.29 is 9.13 Å². The number of benzene rings is 2. The molecule has 0 saturated carbocycles. The van der Waals surface area contributed by atoms with Crippen LogP contribution in [-0.4, -0.2) is 18.6 Å². The second kappa shape index (κ2) is 7.24. The molecule has 0 bridgehead atoms. The molecule has 0 unspecified atom stereocenters. The highest BCUT2D eigenvalue weighted by molar-refractivity contribution is 6.31. The van der Waals surface area contributed by atoms with Crippen molar-refractivity contribution in [2.45, 2.75) is 19.3 Å². The Hall–Kier alpha value is -2.04. The highest BCUT2D eigenvalue weighted by Gasteiger charge is 2.17. The Labute approximate surface area is 145 Å². The molecule has 0 radical (unpaired) electrons. The Morgan fingerprint density at radius 2 is 2.00 bits per heavy atom. The topological polar surface area (TPSA) is 51.0 Å². The summed E-state index contributed by atoms with van der Waals surface area (Å²) in [6.45, 7) is 0.645. The molecule has 1 heterocycles. The Bertz CT molecular complexity index is 860. The maximum absolute atomic E-state index is 13.7. The van der Waals surface area contributed by atoms with Crippen molar-refractivity contribution in [3.05, 3.63) is 52.8 Å². The first kappa shape index (κ1) is 16.8. The molecule has 0 saturated heterocycles. The van der Waals surface area contributed by atoms with E-state index in [1.54, 1.807) is 25.3 Å². The van der Waals surface area contributed by atoms with Crippen LogP contribution in [0.2, 0.25) is 5.02 Å². The van der Waals surface area contributed by atoms with Crippen LogP contribution < -0.4 is 10.5 Å². The second-order valence-electron chi connectivity index (χ2n) is 5.76. The predicted molar refractivity (Wildman–Crippen MR) is 97.2 cm³/mol. The SMILES string of the molecule is COc1ccc(Cl)cc1-c1[nH]c2ccc(F)cc2c1CCCCN. The van der Waals surface area contributed by atoms with E-state index in [2.05, 4.69) is 4.98 Å². The molecule has 0 aliphatic rings. The fraction of sp³-hybridized carbons (Fsp3) is 0.263. The lowest BCUT2D eigenvalue weighted by Crippen LogP contribution is -1.99. The number of nitrogens with one attached hydrogen (secondary N) is 1. The molecule has 0 amide bonds. The van der Waals surface area contributed by atoms with Gasteiger partial charge in [-0.25, -0.2) is 4.39 Å². The summed E-state index contributed by atoms with van der Waals surface area (Å²) < 4.78 is 19.2. The van der Waals surface area contributed by atoms with Crippen molar-refractivity contribution in [3.8, 4) is 17.0 Å². The largest absolute Gasteiger partial charge is 0.496 e. The molecule has 126 valence electrons. The number of hydrogen-bond acceptors (Lipinski definition) is 2. The summed E-state index contributed by atoms with van der Waals surface area (Å²) in [5.74, 6) is 0.484. The zero-order chi connectivity index (χ0) is 17.1. The van der Waals surface area contributed by atoms with Crippen LogP contribution >= 0.6 is 11.6 Å². The molecule has 3 nitrogen and oxygen atoms in total. The summed E-state index contributed by atoms with van der Waals surface area (Å²) in [7, 11) is 1.63. The molecule has 0 atom stereocenters. The van der Waals surface area contributed by atoms with E-state index in [1.807, 2.05) is 12.1 Å². The average Bonchev–Trinajstić information content (AvgIpc) is 2.93. The molecule has 0 fully saturated rings. The van der Waals surface area contributed by atoms with Crippen LogP contribution in [0.1, 0.15) is 18.4 Å². The molecule has 1 aromatic heterocycles. The number of aromatic amines is 1. The molecule has 3 rings (SSSR count).